The Morgan fingerprint density at radius 3 is 2.22 bits per heavy atom. The van der Waals surface area contributed by atoms with E-state index in [0.717, 1.165) is 5.56 Å². The van der Waals surface area contributed by atoms with Gasteiger partial charge in [0.05, 0.1) is 11.7 Å². The van der Waals surface area contributed by atoms with Crippen LogP contribution in [-0.4, -0.2) is 17.7 Å². The minimum absolute atomic E-state index is 0.127. The predicted octanol–water partition coefficient (Wildman–Crippen LogP) is 3.39. The average Bonchev–Trinajstić information content (AvgIpc) is 2.40. The Labute approximate surface area is 150 Å². The summed E-state index contributed by atoms with van der Waals surface area (Å²) in [4.78, 5) is 35.0. The van der Waals surface area contributed by atoms with Crippen molar-refractivity contribution in [1.29, 1.82) is 0 Å². The molecule has 0 saturated carbocycles. The molecule has 1 aliphatic rings. The van der Waals surface area contributed by atoms with Gasteiger partial charge in [0.15, 0.2) is 5.78 Å². The Hall–Kier alpha value is -1.67. The summed E-state index contributed by atoms with van der Waals surface area (Å²) in [5.41, 5.74) is 2.34. The Balaban J connectivity index is 2.52. The van der Waals surface area contributed by atoms with Crippen LogP contribution in [0.25, 0.3) is 0 Å². The first-order valence-corrected chi connectivity index (χ1v) is 8.35. The van der Waals surface area contributed by atoms with Crippen LogP contribution in [-0.2, 0) is 9.59 Å². The number of benzene rings is 1. The zero-order valence-corrected chi connectivity index (χ0v) is 15.9. The van der Waals surface area contributed by atoms with Crippen molar-refractivity contribution in [2.75, 3.05) is 5.32 Å². The summed E-state index contributed by atoms with van der Waals surface area (Å²) in [6.07, 6.45) is 0. The number of hydrogen-bond donors (Lipinski definition) is 3. The molecule has 0 radical (unpaired) electrons. The van der Waals surface area contributed by atoms with Crippen LogP contribution in [0.3, 0.4) is 0 Å². The fourth-order valence-electron chi connectivity index (χ4n) is 2.47. The third-order valence-electron chi connectivity index (χ3n) is 3.35. The summed E-state index contributed by atoms with van der Waals surface area (Å²) in [5, 5.41) is 8.07. The normalized spacial score (nSPS) is 17.4. The van der Waals surface area contributed by atoms with Crippen molar-refractivity contribution < 1.29 is 14.4 Å². The molecule has 8 heteroatoms. The molecule has 2 rings (SSSR count). The van der Waals surface area contributed by atoms with Gasteiger partial charge >= 0.3 is 6.03 Å². The van der Waals surface area contributed by atoms with Crippen molar-refractivity contribution in [3.63, 3.8) is 0 Å². The summed E-state index contributed by atoms with van der Waals surface area (Å²) >= 11 is 6.81. The SMILES string of the molecule is CC(=O)Nc1c(Br)cc(C2NC(=O)NC(C)=C2C(C)=O)cc1Br. The number of carbonyl (C=O) groups is 3. The number of urea groups is 1. The van der Waals surface area contributed by atoms with Crippen molar-refractivity contribution in [2.45, 2.75) is 26.8 Å². The molecule has 0 saturated heterocycles. The molecule has 1 aromatic carbocycles. The third-order valence-corrected chi connectivity index (χ3v) is 4.60. The number of nitrogens with one attached hydrogen (secondary N) is 3. The number of halogens is 2. The monoisotopic (exact) mass is 443 g/mol. The lowest BCUT2D eigenvalue weighted by Gasteiger charge is -2.28. The molecule has 122 valence electrons. The third kappa shape index (κ3) is 3.81. The van der Waals surface area contributed by atoms with Gasteiger partial charge in [-0.15, -0.1) is 0 Å². The van der Waals surface area contributed by atoms with E-state index in [1.165, 1.54) is 13.8 Å². The van der Waals surface area contributed by atoms with Gasteiger partial charge in [-0.2, -0.15) is 0 Å². The maximum Gasteiger partial charge on any atom is 0.319 e. The first-order valence-electron chi connectivity index (χ1n) is 6.76. The Kier molecular flexibility index (Phi) is 5.26. The molecular weight excluding hydrogens is 430 g/mol. The van der Waals surface area contributed by atoms with Crippen molar-refractivity contribution in [3.05, 3.63) is 37.9 Å². The van der Waals surface area contributed by atoms with Crippen LogP contribution in [0.5, 0.6) is 0 Å². The van der Waals surface area contributed by atoms with E-state index < -0.39 is 6.04 Å². The van der Waals surface area contributed by atoms with Crippen molar-refractivity contribution in [3.8, 4) is 0 Å². The molecule has 0 spiro atoms. The van der Waals surface area contributed by atoms with Crippen LogP contribution >= 0.6 is 31.9 Å². The van der Waals surface area contributed by atoms with E-state index in [1.54, 1.807) is 19.1 Å². The lowest BCUT2D eigenvalue weighted by Crippen LogP contribution is -2.44. The lowest BCUT2D eigenvalue weighted by atomic mass is 9.93. The minimum atomic E-state index is -0.555. The Bertz CT molecular complexity index is 720. The van der Waals surface area contributed by atoms with Crippen LogP contribution in [0, 0.1) is 0 Å². The van der Waals surface area contributed by atoms with Gasteiger partial charge in [0.1, 0.15) is 0 Å². The molecule has 1 heterocycles. The number of anilines is 1. The summed E-state index contributed by atoms with van der Waals surface area (Å²) in [6.45, 7) is 4.57. The van der Waals surface area contributed by atoms with Crippen molar-refractivity contribution >= 4 is 55.3 Å². The first kappa shape index (κ1) is 17.7. The highest BCUT2D eigenvalue weighted by Gasteiger charge is 2.30. The molecule has 1 aromatic rings. The molecule has 0 bridgehead atoms. The van der Waals surface area contributed by atoms with E-state index in [-0.39, 0.29) is 17.7 Å². The van der Waals surface area contributed by atoms with Gasteiger partial charge in [-0.25, -0.2) is 4.79 Å². The van der Waals surface area contributed by atoms with Crippen LogP contribution < -0.4 is 16.0 Å². The van der Waals surface area contributed by atoms with Crippen LogP contribution in [0.4, 0.5) is 10.5 Å². The fourth-order valence-corrected chi connectivity index (χ4v) is 3.89. The zero-order valence-electron chi connectivity index (χ0n) is 12.7. The molecule has 0 aromatic heterocycles. The number of amides is 3. The van der Waals surface area contributed by atoms with E-state index in [4.69, 9.17) is 0 Å². The molecule has 23 heavy (non-hydrogen) atoms. The number of Topliss-reactive ketones (excluding diaryl/α,β-unsaturated/α-hetero) is 1. The minimum Gasteiger partial charge on any atom is -0.327 e. The van der Waals surface area contributed by atoms with E-state index in [9.17, 15) is 14.4 Å². The lowest BCUT2D eigenvalue weighted by molar-refractivity contribution is -0.115. The Morgan fingerprint density at radius 2 is 1.74 bits per heavy atom. The summed E-state index contributed by atoms with van der Waals surface area (Å²) in [7, 11) is 0. The smallest absolute Gasteiger partial charge is 0.319 e. The second kappa shape index (κ2) is 6.84. The molecule has 1 atom stereocenters. The molecule has 0 fully saturated rings. The second-order valence-electron chi connectivity index (χ2n) is 5.17. The van der Waals surface area contributed by atoms with Crippen LogP contribution in [0.1, 0.15) is 32.4 Å². The molecule has 3 amide bonds. The predicted molar refractivity (Wildman–Crippen MR) is 93.9 cm³/mol. The maximum atomic E-state index is 12.0. The molecule has 1 aliphatic heterocycles. The van der Waals surface area contributed by atoms with Crippen molar-refractivity contribution in [1.82, 2.24) is 10.6 Å². The standard InChI is InChI=1S/C15H15Br2N3O3/c1-6-12(7(2)21)13(20-15(23)18-6)9-4-10(16)14(11(17)5-9)19-8(3)22/h4-5,13H,1-3H3,(H,19,22)(H2,18,20,23). The van der Waals surface area contributed by atoms with Crippen LogP contribution in [0.15, 0.2) is 32.3 Å². The number of rotatable bonds is 3. The fraction of sp³-hybridized carbons (Fsp3) is 0.267. The zero-order chi connectivity index (χ0) is 17.3. The van der Waals surface area contributed by atoms with Crippen LogP contribution in [0.2, 0.25) is 0 Å². The topological polar surface area (TPSA) is 87.3 Å². The highest BCUT2D eigenvalue weighted by Crippen LogP contribution is 2.37. The highest BCUT2D eigenvalue weighted by atomic mass is 79.9. The number of carbonyl (C=O) groups excluding carboxylic acids is 3. The van der Waals surface area contributed by atoms with Gasteiger partial charge in [-0.05, 0) is 63.4 Å². The van der Waals surface area contributed by atoms with Gasteiger partial charge in [0.25, 0.3) is 0 Å². The molecule has 6 nitrogen and oxygen atoms in total. The summed E-state index contributed by atoms with van der Waals surface area (Å²) < 4.78 is 1.29. The molecule has 3 N–H and O–H groups in total. The number of ketones is 1. The molecule has 0 aliphatic carbocycles. The van der Waals surface area contributed by atoms with E-state index in [2.05, 4.69) is 47.8 Å². The average molecular weight is 445 g/mol. The van der Waals surface area contributed by atoms with Gasteiger partial charge < -0.3 is 16.0 Å². The van der Waals surface area contributed by atoms with Crippen molar-refractivity contribution in [2.24, 2.45) is 0 Å². The highest BCUT2D eigenvalue weighted by molar-refractivity contribution is 9.11. The van der Waals surface area contributed by atoms with E-state index >= 15 is 0 Å². The molecule has 1 unspecified atom stereocenters. The van der Waals surface area contributed by atoms with Gasteiger partial charge in [-0.3, -0.25) is 9.59 Å². The molecular formula is C15H15Br2N3O3. The maximum absolute atomic E-state index is 12.0. The van der Waals surface area contributed by atoms with Gasteiger partial charge in [0.2, 0.25) is 5.91 Å². The summed E-state index contributed by atoms with van der Waals surface area (Å²) in [6, 6.07) is 2.61. The number of allylic oxidation sites excluding steroid dienone is 1. The van der Waals surface area contributed by atoms with E-state index in [1.807, 2.05) is 0 Å². The first-order chi connectivity index (χ1) is 10.7. The Morgan fingerprint density at radius 1 is 1.17 bits per heavy atom. The van der Waals surface area contributed by atoms with E-state index in [0.29, 0.717) is 25.9 Å². The van der Waals surface area contributed by atoms with Gasteiger partial charge in [0, 0.05) is 27.1 Å². The summed E-state index contributed by atoms with van der Waals surface area (Å²) in [5.74, 6) is -0.326. The van der Waals surface area contributed by atoms with Gasteiger partial charge in [-0.1, -0.05) is 0 Å². The number of hydrogen-bond acceptors (Lipinski definition) is 3. The second-order valence-corrected chi connectivity index (χ2v) is 6.88. The largest absolute Gasteiger partial charge is 0.327 e. The quantitative estimate of drug-likeness (QED) is 0.667.